The van der Waals surface area contributed by atoms with Crippen LogP contribution in [0, 0.1) is 11.3 Å². The molecule has 5 nitrogen and oxygen atoms in total. The Labute approximate surface area is 203 Å². The summed E-state index contributed by atoms with van der Waals surface area (Å²) >= 11 is 1.28. The number of carbonyl (C=O) groups is 1. The molecule has 3 aromatic carbocycles. The third-order valence-electron chi connectivity index (χ3n) is 5.27. The number of amides is 1. The summed E-state index contributed by atoms with van der Waals surface area (Å²) in [4.78, 5) is 17.6. The Morgan fingerprint density at radius 1 is 0.971 bits per heavy atom. The average molecular weight is 466 g/mol. The van der Waals surface area contributed by atoms with Gasteiger partial charge in [-0.05, 0) is 42.8 Å². The quantitative estimate of drug-likeness (QED) is 0.319. The van der Waals surface area contributed by atoms with E-state index in [2.05, 4.69) is 11.4 Å². The van der Waals surface area contributed by atoms with E-state index >= 15 is 0 Å². The maximum atomic E-state index is 12.8. The molecule has 1 unspecified atom stereocenters. The molecule has 0 spiro atoms. The number of carbonyl (C=O) groups excluding carboxylic acids is 1. The fraction of sp³-hybridized carbons (Fsp3) is 0.107. The van der Waals surface area contributed by atoms with Crippen LogP contribution in [0.3, 0.4) is 0 Å². The number of nitriles is 1. The van der Waals surface area contributed by atoms with Gasteiger partial charge in [0, 0.05) is 16.8 Å². The van der Waals surface area contributed by atoms with Crippen LogP contribution in [0.1, 0.15) is 12.5 Å². The third-order valence-corrected chi connectivity index (χ3v) is 6.35. The largest absolute Gasteiger partial charge is 0.497 e. The first-order valence-electron chi connectivity index (χ1n) is 10.8. The molecule has 1 heterocycles. The minimum atomic E-state index is -0.463. The van der Waals surface area contributed by atoms with Gasteiger partial charge in [0.25, 0.3) is 0 Å². The van der Waals surface area contributed by atoms with Crippen molar-refractivity contribution in [2.45, 2.75) is 17.2 Å². The second-order valence-corrected chi connectivity index (χ2v) is 8.89. The number of pyridine rings is 1. The second-order valence-electron chi connectivity index (χ2n) is 7.56. The van der Waals surface area contributed by atoms with Crippen LogP contribution in [0.2, 0.25) is 0 Å². The van der Waals surface area contributed by atoms with Gasteiger partial charge in [-0.2, -0.15) is 5.26 Å². The van der Waals surface area contributed by atoms with E-state index in [0.29, 0.717) is 10.6 Å². The fourth-order valence-corrected chi connectivity index (χ4v) is 4.38. The van der Waals surface area contributed by atoms with Crippen molar-refractivity contribution in [3.05, 3.63) is 96.6 Å². The normalized spacial score (nSPS) is 11.3. The first-order chi connectivity index (χ1) is 16.6. The van der Waals surface area contributed by atoms with Crippen LogP contribution in [0.4, 0.5) is 5.69 Å². The predicted octanol–water partition coefficient (Wildman–Crippen LogP) is 6.42. The highest BCUT2D eigenvalue weighted by Gasteiger charge is 2.21. The van der Waals surface area contributed by atoms with Crippen molar-refractivity contribution in [3.63, 3.8) is 0 Å². The number of ether oxygens (including phenoxy) is 1. The van der Waals surface area contributed by atoms with Crippen LogP contribution >= 0.6 is 11.8 Å². The van der Waals surface area contributed by atoms with Crippen LogP contribution in [0.15, 0.2) is 96.0 Å². The van der Waals surface area contributed by atoms with Gasteiger partial charge in [-0.15, -0.1) is 0 Å². The van der Waals surface area contributed by atoms with Gasteiger partial charge in [-0.3, -0.25) is 4.79 Å². The molecule has 34 heavy (non-hydrogen) atoms. The van der Waals surface area contributed by atoms with Crippen molar-refractivity contribution in [2.24, 2.45) is 0 Å². The first-order valence-corrected chi connectivity index (χ1v) is 11.6. The zero-order valence-electron chi connectivity index (χ0n) is 18.9. The molecule has 1 N–H and O–H groups in total. The lowest BCUT2D eigenvalue weighted by Gasteiger charge is -2.16. The van der Waals surface area contributed by atoms with Crippen LogP contribution in [0.25, 0.3) is 22.4 Å². The van der Waals surface area contributed by atoms with Gasteiger partial charge >= 0.3 is 0 Å². The predicted molar refractivity (Wildman–Crippen MR) is 137 cm³/mol. The summed E-state index contributed by atoms with van der Waals surface area (Å²) < 4.78 is 5.28. The Morgan fingerprint density at radius 2 is 1.62 bits per heavy atom. The lowest BCUT2D eigenvalue weighted by molar-refractivity contribution is -0.115. The highest BCUT2D eigenvalue weighted by Crippen LogP contribution is 2.36. The van der Waals surface area contributed by atoms with Gasteiger partial charge in [-0.25, -0.2) is 4.98 Å². The molecule has 6 heteroatoms. The van der Waals surface area contributed by atoms with Gasteiger partial charge in [0.15, 0.2) is 0 Å². The Balaban J connectivity index is 1.74. The van der Waals surface area contributed by atoms with Crippen LogP contribution in [-0.4, -0.2) is 23.3 Å². The summed E-state index contributed by atoms with van der Waals surface area (Å²) in [6, 6.07) is 30.9. The van der Waals surface area contributed by atoms with E-state index in [4.69, 9.17) is 9.72 Å². The molecule has 0 saturated heterocycles. The van der Waals surface area contributed by atoms with Gasteiger partial charge in [0.05, 0.1) is 23.6 Å². The number of aromatic nitrogens is 1. The molecule has 0 saturated carbocycles. The lowest BCUT2D eigenvalue weighted by Crippen LogP contribution is -2.22. The Hall–Kier alpha value is -4.08. The van der Waals surface area contributed by atoms with Crippen molar-refractivity contribution < 1.29 is 9.53 Å². The Bertz CT molecular complexity index is 1320. The van der Waals surface area contributed by atoms with Crippen LogP contribution < -0.4 is 10.1 Å². The zero-order valence-corrected chi connectivity index (χ0v) is 19.7. The number of anilines is 1. The highest BCUT2D eigenvalue weighted by molar-refractivity contribution is 8.00. The van der Waals surface area contributed by atoms with Crippen molar-refractivity contribution in [1.29, 1.82) is 5.26 Å². The lowest BCUT2D eigenvalue weighted by atomic mass is 9.99. The van der Waals surface area contributed by atoms with Gasteiger partial charge in [0.1, 0.15) is 16.8 Å². The molecule has 1 aromatic heterocycles. The van der Waals surface area contributed by atoms with Gasteiger partial charge in [0.2, 0.25) is 5.91 Å². The number of hydrogen-bond acceptors (Lipinski definition) is 5. The molecule has 4 aromatic rings. The summed E-state index contributed by atoms with van der Waals surface area (Å²) in [6.07, 6.45) is 0. The van der Waals surface area contributed by atoms with Crippen molar-refractivity contribution in [3.8, 4) is 34.2 Å². The van der Waals surface area contributed by atoms with Gasteiger partial charge < -0.3 is 10.1 Å². The van der Waals surface area contributed by atoms with E-state index in [0.717, 1.165) is 33.8 Å². The number of nitrogens with one attached hydrogen (secondary N) is 1. The number of para-hydroxylation sites is 1. The molecule has 0 fully saturated rings. The topological polar surface area (TPSA) is 75.0 Å². The van der Waals surface area contributed by atoms with Crippen LogP contribution in [0.5, 0.6) is 5.75 Å². The van der Waals surface area contributed by atoms with Crippen molar-refractivity contribution in [1.82, 2.24) is 4.98 Å². The van der Waals surface area contributed by atoms with E-state index in [-0.39, 0.29) is 5.91 Å². The summed E-state index contributed by atoms with van der Waals surface area (Å²) in [7, 11) is 1.62. The first kappa shape index (κ1) is 23.1. The molecule has 4 rings (SSSR count). The number of methoxy groups -OCH3 is 1. The maximum Gasteiger partial charge on any atom is 0.237 e. The van der Waals surface area contributed by atoms with E-state index in [1.165, 1.54) is 11.8 Å². The summed E-state index contributed by atoms with van der Waals surface area (Å²) in [6.45, 7) is 1.81. The number of thioether (sulfide) groups is 1. The summed E-state index contributed by atoms with van der Waals surface area (Å²) in [5.74, 6) is 0.582. The molecule has 1 amide bonds. The van der Waals surface area contributed by atoms with Crippen LogP contribution in [-0.2, 0) is 4.79 Å². The number of rotatable bonds is 7. The monoisotopic (exact) mass is 465 g/mol. The minimum absolute atomic E-state index is 0.155. The van der Waals surface area contributed by atoms with E-state index in [1.54, 1.807) is 7.11 Å². The highest BCUT2D eigenvalue weighted by atomic mass is 32.2. The number of benzene rings is 3. The van der Waals surface area contributed by atoms with Crippen molar-refractivity contribution >= 4 is 23.4 Å². The third kappa shape index (κ3) is 5.28. The molecule has 1 atom stereocenters. The smallest absolute Gasteiger partial charge is 0.237 e. The molecule has 168 valence electrons. The minimum Gasteiger partial charge on any atom is -0.497 e. The molecule has 0 aliphatic heterocycles. The molecule has 0 radical (unpaired) electrons. The number of hydrogen-bond donors (Lipinski definition) is 1. The van der Waals surface area contributed by atoms with Gasteiger partial charge in [-0.1, -0.05) is 72.4 Å². The van der Waals surface area contributed by atoms with E-state index in [9.17, 15) is 10.1 Å². The Kier molecular flexibility index (Phi) is 7.26. The zero-order chi connectivity index (χ0) is 23.9. The summed E-state index contributed by atoms with van der Waals surface area (Å²) in [5.41, 5.74) is 4.48. The SMILES string of the molecule is COc1ccc(-c2cc(-c3ccccc3)nc(SC(C)C(=O)Nc3ccccc3)c2C#N)cc1. The Morgan fingerprint density at radius 3 is 2.24 bits per heavy atom. The van der Waals surface area contributed by atoms with E-state index in [1.807, 2.05) is 97.9 Å². The molecule has 0 bridgehead atoms. The van der Waals surface area contributed by atoms with E-state index < -0.39 is 5.25 Å². The standard InChI is InChI=1S/C28H23N3O2S/c1-19(27(32)30-22-11-7-4-8-12-22)34-28-25(18-29)24(20-13-15-23(33-2)16-14-20)17-26(31-28)21-9-5-3-6-10-21/h3-17,19H,1-2H3,(H,30,32). The molecule has 0 aliphatic carbocycles. The maximum absolute atomic E-state index is 12.8. The number of nitrogens with zero attached hydrogens (tertiary/aromatic N) is 2. The second kappa shape index (κ2) is 10.7. The molecular weight excluding hydrogens is 442 g/mol. The molecular formula is C28H23N3O2S. The average Bonchev–Trinajstić information content (AvgIpc) is 2.89. The fourth-order valence-electron chi connectivity index (χ4n) is 3.46. The molecule has 0 aliphatic rings. The van der Waals surface area contributed by atoms with Crippen molar-refractivity contribution in [2.75, 3.05) is 12.4 Å². The summed E-state index contributed by atoms with van der Waals surface area (Å²) in [5, 5.41) is 13.1.